The van der Waals surface area contributed by atoms with Crippen molar-refractivity contribution in [3.8, 4) is 0 Å². The Balaban J connectivity index is 2.14. The maximum atomic E-state index is 12.5. The fourth-order valence-corrected chi connectivity index (χ4v) is 2.68. The number of nitrogens with one attached hydrogen (secondary N) is 1. The maximum Gasteiger partial charge on any atom is 0.405 e. The fraction of sp³-hybridized carbons (Fsp3) is 0.500. The summed E-state index contributed by atoms with van der Waals surface area (Å²) in [6.45, 7) is -1.24. The molecule has 0 saturated carbocycles. The maximum absolute atomic E-state index is 12.5. The van der Waals surface area contributed by atoms with Crippen molar-refractivity contribution in [3.05, 3.63) is 23.5 Å². The van der Waals surface area contributed by atoms with Gasteiger partial charge in [-0.15, -0.1) is 0 Å². The first kappa shape index (κ1) is 17.8. The van der Waals surface area contributed by atoms with Crippen molar-refractivity contribution in [2.45, 2.75) is 25.1 Å². The number of amides is 2. The molecule has 0 spiro atoms. The molecule has 1 saturated heterocycles. The molecular formula is C14H16F3N3O4. The van der Waals surface area contributed by atoms with E-state index in [9.17, 15) is 27.6 Å². The van der Waals surface area contributed by atoms with Crippen LogP contribution in [0.3, 0.4) is 0 Å². The lowest BCUT2D eigenvalue weighted by atomic mass is 10.2. The molecule has 132 valence electrons. The van der Waals surface area contributed by atoms with Gasteiger partial charge in [0.15, 0.2) is 0 Å². The summed E-state index contributed by atoms with van der Waals surface area (Å²) in [5.41, 5.74) is -0.0430. The smallest absolute Gasteiger partial charge is 0.405 e. The minimum atomic E-state index is -4.53. The Morgan fingerprint density at radius 1 is 1.29 bits per heavy atom. The molecule has 0 bridgehead atoms. The van der Waals surface area contributed by atoms with Gasteiger partial charge < -0.3 is 19.9 Å². The first-order chi connectivity index (χ1) is 11.1. The molecule has 0 radical (unpaired) electrons. The van der Waals surface area contributed by atoms with Gasteiger partial charge in [0.2, 0.25) is 5.91 Å². The van der Waals surface area contributed by atoms with E-state index in [2.05, 4.69) is 0 Å². The van der Waals surface area contributed by atoms with Crippen molar-refractivity contribution in [1.82, 2.24) is 14.8 Å². The van der Waals surface area contributed by atoms with Crippen LogP contribution in [-0.4, -0.2) is 57.7 Å². The number of alkyl halides is 3. The normalized spacial score (nSPS) is 17.8. The van der Waals surface area contributed by atoms with Gasteiger partial charge in [-0.25, -0.2) is 4.79 Å². The number of halogens is 3. The highest BCUT2D eigenvalue weighted by atomic mass is 19.4. The number of hydrogen-bond donors (Lipinski definition) is 2. The molecule has 10 heteroatoms. The standard InChI is InChI=1S/C14H16F3N3O4/c1-19-9(4-5-10(19)13(23)24)12(22)20-6-2-3-8(20)11(21)18-7-14(15,16)17/h4-5,8H,2-3,6-7H2,1H3,(H,18,21)(H,23,24). The van der Waals surface area contributed by atoms with Crippen LogP contribution in [0.4, 0.5) is 13.2 Å². The zero-order chi connectivity index (χ0) is 18.1. The Morgan fingerprint density at radius 2 is 1.92 bits per heavy atom. The third kappa shape index (κ3) is 3.69. The predicted octanol–water partition coefficient (Wildman–Crippen LogP) is 1.01. The summed E-state index contributed by atoms with van der Waals surface area (Å²) in [7, 11) is 1.39. The van der Waals surface area contributed by atoms with E-state index in [-0.39, 0.29) is 24.4 Å². The summed E-state index contributed by atoms with van der Waals surface area (Å²) in [6, 6.07) is 1.57. The van der Waals surface area contributed by atoms with Gasteiger partial charge in [-0.3, -0.25) is 9.59 Å². The van der Waals surface area contributed by atoms with Crippen LogP contribution >= 0.6 is 0 Å². The van der Waals surface area contributed by atoms with Crippen LogP contribution in [0.2, 0.25) is 0 Å². The lowest BCUT2D eigenvalue weighted by Gasteiger charge is -2.24. The lowest BCUT2D eigenvalue weighted by Crippen LogP contribution is -2.48. The number of rotatable bonds is 4. The largest absolute Gasteiger partial charge is 0.477 e. The van der Waals surface area contributed by atoms with Gasteiger partial charge in [-0.05, 0) is 25.0 Å². The second kappa shape index (κ2) is 6.54. The highest BCUT2D eigenvalue weighted by molar-refractivity contribution is 5.98. The molecule has 1 unspecified atom stereocenters. The van der Waals surface area contributed by atoms with Crippen LogP contribution in [0, 0.1) is 0 Å². The Hall–Kier alpha value is -2.52. The summed E-state index contributed by atoms with van der Waals surface area (Å²) in [5, 5.41) is 10.8. The van der Waals surface area contributed by atoms with Gasteiger partial charge in [0.1, 0.15) is 24.0 Å². The molecule has 1 fully saturated rings. The van der Waals surface area contributed by atoms with Crippen LogP contribution in [0.25, 0.3) is 0 Å². The molecule has 24 heavy (non-hydrogen) atoms. The Kier molecular flexibility index (Phi) is 4.86. The molecule has 7 nitrogen and oxygen atoms in total. The number of likely N-dealkylation sites (tertiary alicyclic amines) is 1. The summed E-state index contributed by atoms with van der Waals surface area (Å²) in [5.74, 6) is -2.67. The SMILES string of the molecule is Cn1c(C(=O)O)ccc1C(=O)N1CCCC1C(=O)NCC(F)(F)F. The molecule has 1 aliphatic rings. The van der Waals surface area contributed by atoms with Crippen LogP contribution in [0.15, 0.2) is 12.1 Å². The molecule has 0 aliphatic carbocycles. The van der Waals surface area contributed by atoms with E-state index in [1.807, 2.05) is 0 Å². The summed E-state index contributed by atoms with van der Waals surface area (Å²) >= 11 is 0. The van der Waals surface area contributed by atoms with Crippen molar-refractivity contribution in [3.63, 3.8) is 0 Å². The molecule has 1 atom stereocenters. The molecule has 2 rings (SSSR count). The zero-order valence-corrected chi connectivity index (χ0v) is 12.8. The molecule has 2 heterocycles. The van der Waals surface area contributed by atoms with Gasteiger partial charge in [0, 0.05) is 13.6 Å². The van der Waals surface area contributed by atoms with Crippen molar-refractivity contribution in [1.29, 1.82) is 0 Å². The van der Waals surface area contributed by atoms with Gasteiger partial charge in [-0.1, -0.05) is 0 Å². The fourth-order valence-electron chi connectivity index (χ4n) is 2.68. The lowest BCUT2D eigenvalue weighted by molar-refractivity contribution is -0.140. The van der Waals surface area contributed by atoms with E-state index in [4.69, 9.17) is 5.11 Å². The number of carboxylic acid groups (broad SMARTS) is 1. The topological polar surface area (TPSA) is 91.6 Å². The third-order valence-corrected chi connectivity index (χ3v) is 3.84. The van der Waals surface area contributed by atoms with E-state index in [0.717, 1.165) is 0 Å². The number of carbonyl (C=O) groups is 3. The third-order valence-electron chi connectivity index (χ3n) is 3.84. The second-order valence-electron chi connectivity index (χ2n) is 5.46. The van der Waals surface area contributed by atoms with Gasteiger partial charge in [0.25, 0.3) is 5.91 Å². The number of hydrogen-bond acceptors (Lipinski definition) is 3. The molecule has 2 N–H and O–H groups in total. The summed E-state index contributed by atoms with van der Waals surface area (Å²) in [6.07, 6.45) is -3.80. The number of aromatic carboxylic acids is 1. The van der Waals surface area contributed by atoms with Crippen molar-refractivity contribution in [2.24, 2.45) is 7.05 Å². The van der Waals surface area contributed by atoms with Crippen LogP contribution in [0.1, 0.15) is 33.8 Å². The van der Waals surface area contributed by atoms with Crippen molar-refractivity contribution >= 4 is 17.8 Å². The first-order valence-electron chi connectivity index (χ1n) is 7.16. The molecule has 1 aromatic rings. The van der Waals surface area contributed by atoms with Crippen molar-refractivity contribution < 1.29 is 32.7 Å². The zero-order valence-electron chi connectivity index (χ0n) is 12.8. The Bertz CT molecular complexity index is 669. The van der Waals surface area contributed by atoms with E-state index >= 15 is 0 Å². The molecular weight excluding hydrogens is 331 g/mol. The van der Waals surface area contributed by atoms with E-state index in [1.54, 1.807) is 5.32 Å². The minimum absolute atomic E-state index is 0.0583. The van der Waals surface area contributed by atoms with Crippen molar-refractivity contribution in [2.75, 3.05) is 13.1 Å². The minimum Gasteiger partial charge on any atom is -0.477 e. The second-order valence-corrected chi connectivity index (χ2v) is 5.46. The summed E-state index contributed by atoms with van der Waals surface area (Å²) < 4.78 is 37.8. The quantitative estimate of drug-likeness (QED) is 0.850. The van der Waals surface area contributed by atoms with Crippen LogP contribution in [-0.2, 0) is 11.8 Å². The average molecular weight is 347 g/mol. The highest BCUT2D eigenvalue weighted by Gasteiger charge is 2.37. The van der Waals surface area contributed by atoms with E-state index in [0.29, 0.717) is 6.42 Å². The molecule has 0 aromatic carbocycles. The first-order valence-corrected chi connectivity index (χ1v) is 7.16. The van der Waals surface area contributed by atoms with Crippen LogP contribution < -0.4 is 5.32 Å². The Labute approximate surface area is 135 Å². The Morgan fingerprint density at radius 3 is 2.46 bits per heavy atom. The van der Waals surface area contributed by atoms with Gasteiger partial charge in [-0.2, -0.15) is 13.2 Å². The predicted molar refractivity (Wildman–Crippen MR) is 75.5 cm³/mol. The van der Waals surface area contributed by atoms with E-state index in [1.165, 1.54) is 28.6 Å². The monoisotopic (exact) mass is 347 g/mol. The molecule has 1 aromatic heterocycles. The number of carboxylic acids is 1. The summed E-state index contributed by atoms with van der Waals surface area (Å²) in [4.78, 5) is 36.6. The average Bonchev–Trinajstić information content (AvgIpc) is 3.09. The molecule has 2 amide bonds. The number of carbonyl (C=O) groups excluding carboxylic acids is 2. The molecule has 1 aliphatic heterocycles. The van der Waals surface area contributed by atoms with E-state index < -0.39 is 36.5 Å². The van der Waals surface area contributed by atoms with Crippen LogP contribution in [0.5, 0.6) is 0 Å². The van der Waals surface area contributed by atoms with Gasteiger partial charge >= 0.3 is 12.1 Å². The van der Waals surface area contributed by atoms with Gasteiger partial charge in [0.05, 0.1) is 0 Å². The number of nitrogens with zero attached hydrogens (tertiary/aromatic N) is 2. The number of aromatic nitrogens is 1. The highest BCUT2D eigenvalue weighted by Crippen LogP contribution is 2.22.